The lowest BCUT2D eigenvalue weighted by atomic mass is 10.0. The average molecular weight is 238 g/mol. The predicted octanol–water partition coefficient (Wildman–Crippen LogP) is 3.19. The Hall–Kier alpha value is -0.730. The largest absolute Gasteiger partial charge is 0.460 e. The van der Waals surface area contributed by atoms with Gasteiger partial charge in [0.15, 0.2) is 0 Å². The van der Waals surface area contributed by atoms with E-state index in [0.717, 1.165) is 6.02 Å². The van der Waals surface area contributed by atoms with Crippen molar-refractivity contribution < 1.29 is 4.74 Å². The predicted molar refractivity (Wildman–Crippen MR) is 71.3 cm³/mol. The minimum absolute atomic E-state index is 0.314. The fraction of sp³-hybridized carbons (Fsp3) is 0.929. The minimum Gasteiger partial charge on any atom is -0.460 e. The van der Waals surface area contributed by atoms with E-state index in [2.05, 4.69) is 37.6 Å². The third kappa shape index (κ3) is 2.75. The molecule has 0 aromatic carbocycles. The van der Waals surface area contributed by atoms with E-state index in [1.54, 1.807) is 0 Å². The van der Waals surface area contributed by atoms with Crippen LogP contribution in [0.4, 0.5) is 0 Å². The molecule has 3 nitrogen and oxygen atoms in total. The SMILES string of the molecule is CC(C)N=C1OC2CCCCCC2N1C(C)C. The van der Waals surface area contributed by atoms with Crippen molar-refractivity contribution in [2.75, 3.05) is 0 Å². The Kier molecular flexibility index (Phi) is 3.95. The summed E-state index contributed by atoms with van der Waals surface area (Å²) in [4.78, 5) is 7.07. The Morgan fingerprint density at radius 3 is 2.47 bits per heavy atom. The molecule has 3 heteroatoms. The Morgan fingerprint density at radius 1 is 1.12 bits per heavy atom. The van der Waals surface area contributed by atoms with Crippen LogP contribution < -0.4 is 0 Å². The van der Waals surface area contributed by atoms with Gasteiger partial charge in [0, 0.05) is 12.1 Å². The molecule has 0 N–H and O–H groups in total. The molecule has 1 aliphatic carbocycles. The van der Waals surface area contributed by atoms with Crippen LogP contribution in [-0.2, 0) is 4.74 Å². The molecule has 1 saturated heterocycles. The normalized spacial score (nSPS) is 31.9. The number of hydrogen-bond donors (Lipinski definition) is 0. The summed E-state index contributed by atoms with van der Waals surface area (Å²) < 4.78 is 6.11. The quantitative estimate of drug-likeness (QED) is 0.738. The number of hydrogen-bond acceptors (Lipinski definition) is 2. The van der Waals surface area contributed by atoms with Gasteiger partial charge in [0.1, 0.15) is 6.10 Å². The second kappa shape index (κ2) is 5.28. The summed E-state index contributed by atoms with van der Waals surface area (Å²) in [7, 11) is 0. The van der Waals surface area contributed by atoms with Crippen molar-refractivity contribution >= 4 is 6.02 Å². The highest BCUT2D eigenvalue weighted by Crippen LogP contribution is 2.32. The van der Waals surface area contributed by atoms with Crippen LogP contribution in [0, 0.1) is 0 Å². The topological polar surface area (TPSA) is 24.8 Å². The van der Waals surface area contributed by atoms with Crippen LogP contribution in [0.5, 0.6) is 0 Å². The van der Waals surface area contributed by atoms with Gasteiger partial charge in [-0.15, -0.1) is 0 Å². The van der Waals surface area contributed by atoms with Gasteiger partial charge < -0.3 is 9.64 Å². The molecule has 2 unspecified atom stereocenters. The van der Waals surface area contributed by atoms with Gasteiger partial charge in [-0.25, -0.2) is 4.99 Å². The van der Waals surface area contributed by atoms with Crippen molar-refractivity contribution in [2.24, 2.45) is 4.99 Å². The van der Waals surface area contributed by atoms with Crippen LogP contribution in [0.15, 0.2) is 4.99 Å². The fourth-order valence-electron chi connectivity index (χ4n) is 2.97. The molecule has 1 heterocycles. The highest BCUT2D eigenvalue weighted by molar-refractivity contribution is 5.77. The molecule has 1 saturated carbocycles. The van der Waals surface area contributed by atoms with Gasteiger partial charge in [0.2, 0.25) is 0 Å². The molecule has 2 aliphatic rings. The highest BCUT2D eigenvalue weighted by Gasteiger charge is 2.41. The summed E-state index contributed by atoms with van der Waals surface area (Å²) in [6.45, 7) is 8.71. The maximum atomic E-state index is 6.11. The molecule has 2 fully saturated rings. The molecule has 0 radical (unpaired) electrons. The lowest BCUT2D eigenvalue weighted by Gasteiger charge is -2.28. The monoisotopic (exact) mass is 238 g/mol. The maximum Gasteiger partial charge on any atom is 0.288 e. The first kappa shape index (κ1) is 12.7. The van der Waals surface area contributed by atoms with Crippen molar-refractivity contribution in [3.63, 3.8) is 0 Å². The van der Waals surface area contributed by atoms with Gasteiger partial charge in [-0.2, -0.15) is 0 Å². The van der Waals surface area contributed by atoms with E-state index in [0.29, 0.717) is 24.2 Å². The Labute approximate surface area is 105 Å². The van der Waals surface area contributed by atoms with Gasteiger partial charge in [-0.1, -0.05) is 12.8 Å². The molecule has 0 bridgehead atoms. The number of fused-ring (bicyclic) bond motifs is 1. The molecule has 0 aromatic heterocycles. The summed E-state index contributed by atoms with van der Waals surface area (Å²) >= 11 is 0. The van der Waals surface area contributed by atoms with Crippen LogP contribution in [0.1, 0.15) is 59.8 Å². The van der Waals surface area contributed by atoms with Crippen molar-refractivity contribution in [1.29, 1.82) is 0 Å². The van der Waals surface area contributed by atoms with Crippen LogP contribution in [0.2, 0.25) is 0 Å². The summed E-state index contributed by atoms with van der Waals surface area (Å²) in [6, 6.07) is 2.26. The van der Waals surface area contributed by atoms with Gasteiger partial charge in [0.05, 0.1) is 6.04 Å². The van der Waals surface area contributed by atoms with Gasteiger partial charge in [-0.05, 0) is 47.0 Å². The van der Waals surface area contributed by atoms with Gasteiger partial charge >= 0.3 is 0 Å². The molecule has 1 aliphatic heterocycles. The number of aliphatic imine (C=N–C) groups is 1. The maximum absolute atomic E-state index is 6.11. The summed E-state index contributed by atoms with van der Waals surface area (Å²) in [5.74, 6) is 0. The smallest absolute Gasteiger partial charge is 0.288 e. The number of nitrogens with zero attached hydrogens (tertiary/aromatic N) is 2. The molecule has 2 atom stereocenters. The van der Waals surface area contributed by atoms with Crippen molar-refractivity contribution in [3.8, 4) is 0 Å². The fourth-order valence-corrected chi connectivity index (χ4v) is 2.97. The first-order chi connectivity index (χ1) is 8.09. The lowest BCUT2D eigenvalue weighted by molar-refractivity contribution is 0.171. The number of rotatable bonds is 2. The summed E-state index contributed by atoms with van der Waals surface area (Å²) in [5, 5.41) is 0. The second-order valence-corrected chi connectivity index (χ2v) is 5.87. The van der Waals surface area contributed by atoms with E-state index in [-0.39, 0.29) is 0 Å². The third-order valence-electron chi connectivity index (χ3n) is 3.68. The highest BCUT2D eigenvalue weighted by atomic mass is 16.5. The number of ether oxygens (including phenoxy) is 1. The zero-order valence-electron chi connectivity index (χ0n) is 11.6. The molecule has 0 aromatic rings. The zero-order chi connectivity index (χ0) is 12.4. The van der Waals surface area contributed by atoms with E-state index in [4.69, 9.17) is 4.74 Å². The van der Waals surface area contributed by atoms with Gasteiger partial charge in [-0.3, -0.25) is 0 Å². The Balaban J connectivity index is 2.20. The van der Waals surface area contributed by atoms with E-state index >= 15 is 0 Å². The summed E-state index contributed by atoms with van der Waals surface area (Å²) in [6.07, 6.45) is 6.85. The Bertz CT molecular complexity index is 286. The number of amidine groups is 1. The molecular weight excluding hydrogens is 212 g/mol. The second-order valence-electron chi connectivity index (χ2n) is 5.87. The first-order valence-corrected chi connectivity index (χ1v) is 7.12. The van der Waals surface area contributed by atoms with Crippen LogP contribution in [0.3, 0.4) is 0 Å². The van der Waals surface area contributed by atoms with E-state index in [1.165, 1.54) is 32.1 Å². The molecule has 17 heavy (non-hydrogen) atoms. The summed E-state index contributed by atoms with van der Waals surface area (Å²) in [5.41, 5.74) is 0. The van der Waals surface area contributed by atoms with Crippen LogP contribution >= 0.6 is 0 Å². The van der Waals surface area contributed by atoms with Gasteiger partial charge in [0.25, 0.3) is 6.02 Å². The average Bonchev–Trinajstić information content (AvgIpc) is 2.42. The van der Waals surface area contributed by atoms with Crippen molar-refractivity contribution in [3.05, 3.63) is 0 Å². The first-order valence-electron chi connectivity index (χ1n) is 7.12. The molecule has 0 spiro atoms. The van der Waals surface area contributed by atoms with Crippen LogP contribution in [-0.4, -0.2) is 35.2 Å². The molecule has 2 rings (SSSR count). The third-order valence-corrected chi connectivity index (χ3v) is 3.68. The van der Waals surface area contributed by atoms with Crippen molar-refractivity contribution in [1.82, 2.24) is 4.90 Å². The van der Waals surface area contributed by atoms with E-state index in [1.807, 2.05) is 0 Å². The lowest BCUT2D eigenvalue weighted by Crippen LogP contribution is -2.41. The molecular formula is C14H26N2O. The Morgan fingerprint density at radius 2 is 1.82 bits per heavy atom. The van der Waals surface area contributed by atoms with E-state index < -0.39 is 0 Å². The van der Waals surface area contributed by atoms with Crippen molar-refractivity contribution in [2.45, 2.75) is 84.0 Å². The van der Waals surface area contributed by atoms with E-state index in [9.17, 15) is 0 Å². The minimum atomic E-state index is 0.314. The zero-order valence-corrected chi connectivity index (χ0v) is 11.6. The van der Waals surface area contributed by atoms with Crippen LogP contribution in [0.25, 0.3) is 0 Å². The standard InChI is InChI=1S/C14H26N2O/c1-10(2)15-14-16(11(3)4)12-8-6-5-7-9-13(12)17-14/h10-13H,5-9H2,1-4H3. The molecule has 0 amide bonds. The molecule has 98 valence electrons.